The second-order valence-corrected chi connectivity index (χ2v) is 7.79. The predicted octanol–water partition coefficient (Wildman–Crippen LogP) is 3.23. The van der Waals surface area contributed by atoms with Gasteiger partial charge in [0, 0.05) is 26.1 Å². The van der Waals surface area contributed by atoms with Crippen LogP contribution < -0.4 is 5.32 Å². The van der Waals surface area contributed by atoms with E-state index in [1.807, 2.05) is 0 Å². The standard InChI is InChI=1S/C19H32F3N3O2.ClH/c1-2-11-25(14-19(20,21)22)18(27)16-4-3-12-24(13-16)17(26)6-5-15-7-9-23-10-8-15;/h15-16,23H,2-14H2,1H3;1H. The van der Waals surface area contributed by atoms with E-state index in [1.54, 1.807) is 11.8 Å². The van der Waals surface area contributed by atoms with Crippen LogP contribution in [-0.2, 0) is 9.59 Å². The van der Waals surface area contributed by atoms with E-state index in [0.717, 1.165) is 37.3 Å². The maximum absolute atomic E-state index is 12.8. The van der Waals surface area contributed by atoms with Crippen LogP contribution >= 0.6 is 12.4 Å². The molecule has 1 unspecified atom stereocenters. The summed E-state index contributed by atoms with van der Waals surface area (Å²) in [6, 6.07) is 0. The molecule has 2 heterocycles. The van der Waals surface area contributed by atoms with Gasteiger partial charge < -0.3 is 15.1 Å². The van der Waals surface area contributed by atoms with E-state index in [1.165, 1.54) is 0 Å². The molecule has 5 nitrogen and oxygen atoms in total. The maximum atomic E-state index is 12.8. The highest BCUT2D eigenvalue weighted by molar-refractivity contribution is 5.85. The van der Waals surface area contributed by atoms with Gasteiger partial charge in [-0.05, 0) is 57.5 Å². The second-order valence-electron chi connectivity index (χ2n) is 7.79. The average molecular weight is 428 g/mol. The number of carbonyl (C=O) groups excluding carboxylic acids is 2. The minimum Gasteiger partial charge on any atom is -0.342 e. The van der Waals surface area contributed by atoms with Crippen LogP contribution in [0.2, 0.25) is 0 Å². The van der Waals surface area contributed by atoms with Crippen LogP contribution in [0, 0.1) is 11.8 Å². The summed E-state index contributed by atoms with van der Waals surface area (Å²) >= 11 is 0. The maximum Gasteiger partial charge on any atom is 0.406 e. The van der Waals surface area contributed by atoms with Gasteiger partial charge in [0.15, 0.2) is 0 Å². The second kappa shape index (κ2) is 11.9. The van der Waals surface area contributed by atoms with Crippen molar-refractivity contribution in [2.24, 2.45) is 11.8 Å². The van der Waals surface area contributed by atoms with E-state index in [2.05, 4.69) is 5.32 Å². The summed E-state index contributed by atoms with van der Waals surface area (Å²) in [7, 11) is 0. The predicted molar refractivity (Wildman–Crippen MR) is 104 cm³/mol. The van der Waals surface area contributed by atoms with Crippen molar-refractivity contribution in [3.8, 4) is 0 Å². The van der Waals surface area contributed by atoms with E-state index in [9.17, 15) is 22.8 Å². The first-order valence-electron chi connectivity index (χ1n) is 10.1. The van der Waals surface area contributed by atoms with Crippen molar-refractivity contribution in [1.29, 1.82) is 0 Å². The lowest BCUT2D eigenvalue weighted by Gasteiger charge is -2.35. The van der Waals surface area contributed by atoms with Crippen LogP contribution in [0.4, 0.5) is 13.2 Å². The number of nitrogens with zero attached hydrogens (tertiary/aromatic N) is 2. The Labute approximate surface area is 171 Å². The van der Waals surface area contributed by atoms with Crippen molar-refractivity contribution in [1.82, 2.24) is 15.1 Å². The summed E-state index contributed by atoms with van der Waals surface area (Å²) in [5.41, 5.74) is 0. The Morgan fingerprint density at radius 2 is 1.86 bits per heavy atom. The number of alkyl halides is 3. The monoisotopic (exact) mass is 427 g/mol. The molecule has 2 fully saturated rings. The fourth-order valence-corrected chi connectivity index (χ4v) is 4.07. The fourth-order valence-electron chi connectivity index (χ4n) is 4.07. The first-order chi connectivity index (χ1) is 12.8. The zero-order valence-electron chi connectivity index (χ0n) is 16.6. The highest BCUT2D eigenvalue weighted by Crippen LogP contribution is 2.24. The van der Waals surface area contributed by atoms with Gasteiger partial charge in [0.1, 0.15) is 6.54 Å². The van der Waals surface area contributed by atoms with E-state index < -0.39 is 24.5 Å². The first-order valence-corrected chi connectivity index (χ1v) is 10.1. The summed E-state index contributed by atoms with van der Waals surface area (Å²) in [5, 5.41) is 3.30. The lowest BCUT2D eigenvalue weighted by atomic mass is 9.92. The Morgan fingerprint density at radius 3 is 2.46 bits per heavy atom. The molecule has 9 heteroatoms. The zero-order chi connectivity index (χ0) is 19.9. The van der Waals surface area contributed by atoms with Gasteiger partial charge in [0.2, 0.25) is 11.8 Å². The third-order valence-electron chi connectivity index (χ3n) is 5.52. The quantitative estimate of drug-likeness (QED) is 0.678. The molecule has 28 heavy (non-hydrogen) atoms. The van der Waals surface area contributed by atoms with Gasteiger partial charge in [0.05, 0.1) is 5.92 Å². The van der Waals surface area contributed by atoms with E-state index in [4.69, 9.17) is 0 Å². The van der Waals surface area contributed by atoms with Gasteiger partial charge in [-0.1, -0.05) is 6.92 Å². The molecule has 0 spiro atoms. The third-order valence-corrected chi connectivity index (χ3v) is 5.52. The van der Waals surface area contributed by atoms with Crippen molar-refractivity contribution in [2.45, 2.75) is 58.0 Å². The van der Waals surface area contributed by atoms with Gasteiger partial charge in [-0.3, -0.25) is 9.59 Å². The van der Waals surface area contributed by atoms with Gasteiger partial charge in [-0.2, -0.15) is 13.2 Å². The van der Waals surface area contributed by atoms with E-state index >= 15 is 0 Å². The van der Waals surface area contributed by atoms with Crippen molar-refractivity contribution >= 4 is 24.2 Å². The SMILES string of the molecule is CCCN(CC(F)(F)F)C(=O)C1CCCN(C(=O)CCC2CCNCC2)C1.Cl. The number of likely N-dealkylation sites (tertiary alicyclic amines) is 1. The largest absolute Gasteiger partial charge is 0.406 e. The number of amides is 2. The third kappa shape index (κ3) is 8.15. The number of carbonyl (C=O) groups is 2. The van der Waals surface area contributed by atoms with Gasteiger partial charge >= 0.3 is 6.18 Å². The van der Waals surface area contributed by atoms with Crippen LogP contribution in [0.25, 0.3) is 0 Å². The lowest BCUT2D eigenvalue weighted by molar-refractivity contribution is -0.165. The molecule has 164 valence electrons. The molecule has 0 aliphatic carbocycles. The number of hydrogen-bond donors (Lipinski definition) is 1. The topological polar surface area (TPSA) is 52.7 Å². The van der Waals surface area contributed by atoms with Gasteiger partial charge in [0.25, 0.3) is 0 Å². The molecule has 2 amide bonds. The summed E-state index contributed by atoms with van der Waals surface area (Å²) in [6.07, 6.45) is 0.780. The smallest absolute Gasteiger partial charge is 0.342 e. The van der Waals surface area contributed by atoms with Crippen molar-refractivity contribution in [3.05, 3.63) is 0 Å². The lowest BCUT2D eigenvalue weighted by Crippen LogP contribution is -2.49. The highest BCUT2D eigenvalue weighted by atomic mass is 35.5. The number of halogens is 4. The molecule has 0 radical (unpaired) electrons. The zero-order valence-corrected chi connectivity index (χ0v) is 17.4. The van der Waals surface area contributed by atoms with Crippen LogP contribution in [0.3, 0.4) is 0 Å². The van der Waals surface area contributed by atoms with Crippen molar-refractivity contribution < 1.29 is 22.8 Å². The Bertz CT molecular complexity index is 499. The number of nitrogens with one attached hydrogen (secondary N) is 1. The van der Waals surface area contributed by atoms with Gasteiger partial charge in [-0.15, -0.1) is 12.4 Å². The van der Waals surface area contributed by atoms with Crippen LogP contribution in [0.5, 0.6) is 0 Å². The Morgan fingerprint density at radius 1 is 1.18 bits per heavy atom. The highest BCUT2D eigenvalue weighted by Gasteiger charge is 2.37. The Hall–Kier alpha value is -1.02. The van der Waals surface area contributed by atoms with Crippen molar-refractivity contribution in [3.63, 3.8) is 0 Å². The van der Waals surface area contributed by atoms with E-state index in [-0.39, 0.29) is 31.4 Å². The Balaban J connectivity index is 0.00000392. The molecule has 2 rings (SSSR count). The van der Waals surface area contributed by atoms with Crippen molar-refractivity contribution in [2.75, 3.05) is 39.3 Å². The summed E-state index contributed by atoms with van der Waals surface area (Å²) in [6.45, 7) is 3.48. The summed E-state index contributed by atoms with van der Waals surface area (Å²) in [5.74, 6) is -0.395. The van der Waals surface area contributed by atoms with Crippen LogP contribution in [-0.4, -0.2) is 67.1 Å². The molecule has 0 aromatic carbocycles. The molecule has 0 saturated carbocycles. The minimum atomic E-state index is -4.40. The molecule has 0 bridgehead atoms. The Kier molecular flexibility index (Phi) is 10.6. The molecule has 2 saturated heterocycles. The number of hydrogen-bond acceptors (Lipinski definition) is 3. The normalized spacial score (nSPS) is 21.1. The molecular formula is C19H33ClF3N3O2. The van der Waals surface area contributed by atoms with Crippen LogP contribution in [0.15, 0.2) is 0 Å². The molecule has 1 N–H and O–H groups in total. The number of rotatable bonds is 7. The average Bonchev–Trinajstić information content (AvgIpc) is 2.65. The molecule has 0 aromatic rings. The molecule has 2 aliphatic rings. The number of piperidine rings is 2. The molecule has 1 atom stereocenters. The summed E-state index contributed by atoms with van der Waals surface area (Å²) < 4.78 is 38.3. The minimum absolute atomic E-state index is 0. The van der Waals surface area contributed by atoms with Gasteiger partial charge in [-0.25, -0.2) is 0 Å². The molecule has 2 aliphatic heterocycles. The molecule has 0 aromatic heterocycles. The van der Waals surface area contributed by atoms with E-state index in [0.29, 0.717) is 38.1 Å². The summed E-state index contributed by atoms with van der Waals surface area (Å²) in [4.78, 5) is 27.8. The first kappa shape index (κ1) is 25.0. The van der Waals surface area contributed by atoms with Crippen LogP contribution in [0.1, 0.15) is 51.9 Å². The fraction of sp³-hybridized carbons (Fsp3) is 0.895. The molecular weight excluding hydrogens is 395 g/mol.